The van der Waals surface area contributed by atoms with Gasteiger partial charge in [-0.2, -0.15) is 4.37 Å². The van der Waals surface area contributed by atoms with Gasteiger partial charge in [0, 0.05) is 12.3 Å². The SMILES string of the molecule is CC(C)CNCC(O)CSc1ncns1. The van der Waals surface area contributed by atoms with Gasteiger partial charge in [0.1, 0.15) is 6.33 Å². The molecule has 0 amide bonds. The van der Waals surface area contributed by atoms with Crippen LogP contribution in [-0.4, -0.2) is 39.4 Å². The van der Waals surface area contributed by atoms with Crippen molar-refractivity contribution in [2.45, 2.75) is 24.3 Å². The van der Waals surface area contributed by atoms with Crippen molar-refractivity contribution in [3.8, 4) is 0 Å². The number of aliphatic hydroxyl groups excluding tert-OH is 1. The maximum Gasteiger partial charge on any atom is 0.169 e. The first kappa shape index (κ1) is 12.9. The van der Waals surface area contributed by atoms with E-state index in [9.17, 15) is 5.11 Å². The van der Waals surface area contributed by atoms with Crippen molar-refractivity contribution < 1.29 is 5.11 Å². The van der Waals surface area contributed by atoms with E-state index in [0.29, 0.717) is 18.2 Å². The summed E-state index contributed by atoms with van der Waals surface area (Å²) in [5.41, 5.74) is 0. The van der Waals surface area contributed by atoms with Crippen LogP contribution in [0.15, 0.2) is 10.7 Å². The minimum absolute atomic E-state index is 0.322. The molecule has 0 aliphatic carbocycles. The van der Waals surface area contributed by atoms with E-state index in [1.54, 1.807) is 11.8 Å². The highest BCUT2D eigenvalue weighted by atomic mass is 32.2. The van der Waals surface area contributed by atoms with Crippen LogP contribution >= 0.6 is 23.3 Å². The fourth-order valence-corrected chi connectivity index (χ4v) is 2.39. The molecule has 15 heavy (non-hydrogen) atoms. The van der Waals surface area contributed by atoms with Crippen molar-refractivity contribution in [3.63, 3.8) is 0 Å². The van der Waals surface area contributed by atoms with Gasteiger partial charge in [-0.15, -0.1) is 0 Å². The maximum absolute atomic E-state index is 9.63. The van der Waals surface area contributed by atoms with Crippen LogP contribution in [0.3, 0.4) is 0 Å². The molecule has 4 nitrogen and oxygen atoms in total. The van der Waals surface area contributed by atoms with E-state index in [0.717, 1.165) is 10.9 Å². The van der Waals surface area contributed by atoms with Crippen LogP contribution in [0.2, 0.25) is 0 Å². The highest BCUT2D eigenvalue weighted by Crippen LogP contribution is 2.18. The lowest BCUT2D eigenvalue weighted by molar-refractivity contribution is 0.194. The van der Waals surface area contributed by atoms with Gasteiger partial charge < -0.3 is 10.4 Å². The monoisotopic (exact) mass is 247 g/mol. The molecule has 6 heteroatoms. The second kappa shape index (κ2) is 7.16. The van der Waals surface area contributed by atoms with Crippen LogP contribution in [0.4, 0.5) is 0 Å². The second-order valence-corrected chi connectivity index (χ2v) is 5.77. The third kappa shape index (κ3) is 6.09. The fourth-order valence-electron chi connectivity index (χ4n) is 0.992. The predicted octanol–water partition coefficient (Wildman–Crippen LogP) is 1.24. The van der Waals surface area contributed by atoms with Gasteiger partial charge in [0.2, 0.25) is 0 Å². The van der Waals surface area contributed by atoms with Crippen molar-refractivity contribution in [1.29, 1.82) is 0 Å². The van der Waals surface area contributed by atoms with Gasteiger partial charge in [0.25, 0.3) is 0 Å². The molecular formula is C9H17N3OS2. The Morgan fingerprint density at radius 2 is 2.33 bits per heavy atom. The average Bonchev–Trinajstić information content (AvgIpc) is 2.66. The summed E-state index contributed by atoms with van der Waals surface area (Å²) in [5, 5.41) is 12.9. The van der Waals surface area contributed by atoms with Crippen LogP contribution in [0, 0.1) is 5.92 Å². The molecule has 0 bridgehead atoms. The lowest BCUT2D eigenvalue weighted by atomic mass is 10.2. The van der Waals surface area contributed by atoms with E-state index in [4.69, 9.17) is 0 Å². The molecule has 0 fully saturated rings. The largest absolute Gasteiger partial charge is 0.391 e. The zero-order valence-electron chi connectivity index (χ0n) is 9.01. The van der Waals surface area contributed by atoms with Gasteiger partial charge in [-0.1, -0.05) is 25.6 Å². The molecule has 0 saturated carbocycles. The van der Waals surface area contributed by atoms with Crippen LogP contribution < -0.4 is 5.32 Å². The fraction of sp³-hybridized carbons (Fsp3) is 0.778. The summed E-state index contributed by atoms with van der Waals surface area (Å²) in [5.74, 6) is 1.29. The minimum Gasteiger partial charge on any atom is -0.391 e. The molecule has 0 saturated heterocycles. The molecule has 1 heterocycles. The molecule has 0 aromatic carbocycles. The first-order valence-corrected chi connectivity index (χ1v) is 6.72. The number of aliphatic hydroxyl groups is 1. The third-order valence-electron chi connectivity index (χ3n) is 1.67. The molecule has 0 aliphatic rings. The Balaban J connectivity index is 2.06. The van der Waals surface area contributed by atoms with E-state index in [-0.39, 0.29) is 6.10 Å². The summed E-state index contributed by atoms with van der Waals surface area (Å²) in [6.07, 6.45) is 1.22. The Hall–Kier alpha value is -0.170. The van der Waals surface area contributed by atoms with Crippen molar-refractivity contribution in [2.24, 2.45) is 5.92 Å². The molecule has 1 aromatic heterocycles. The Morgan fingerprint density at radius 3 is 2.93 bits per heavy atom. The van der Waals surface area contributed by atoms with Crippen molar-refractivity contribution in [1.82, 2.24) is 14.7 Å². The predicted molar refractivity (Wildman–Crippen MR) is 64.3 cm³/mol. The van der Waals surface area contributed by atoms with E-state index in [2.05, 4.69) is 28.5 Å². The third-order valence-corrected chi connectivity index (χ3v) is 3.62. The Morgan fingerprint density at radius 1 is 1.53 bits per heavy atom. The van der Waals surface area contributed by atoms with Gasteiger partial charge in [0.05, 0.1) is 6.10 Å². The minimum atomic E-state index is -0.322. The zero-order valence-corrected chi connectivity index (χ0v) is 10.6. The molecule has 1 atom stereocenters. The Kier molecular flexibility index (Phi) is 6.16. The maximum atomic E-state index is 9.63. The number of thioether (sulfide) groups is 1. The highest BCUT2D eigenvalue weighted by molar-refractivity contribution is 8.00. The van der Waals surface area contributed by atoms with E-state index < -0.39 is 0 Å². The quantitative estimate of drug-likeness (QED) is 0.710. The first-order valence-electron chi connectivity index (χ1n) is 4.96. The summed E-state index contributed by atoms with van der Waals surface area (Å²) < 4.78 is 4.81. The molecule has 1 rings (SSSR count). The second-order valence-electron chi connectivity index (χ2n) is 3.72. The van der Waals surface area contributed by atoms with Crippen LogP contribution in [0.25, 0.3) is 0 Å². The van der Waals surface area contributed by atoms with Crippen molar-refractivity contribution in [3.05, 3.63) is 6.33 Å². The van der Waals surface area contributed by atoms with Crippen LogP contribution in [0.1, 0.15) is 13.8 Å². The highest BCUT2D eigenvalue weighted by Gasteiger charge is 2.06. The van der Waals surface area contributed by atoms with E-state index in [1.807, 2.05) is 0 Å². The number of rotatable bonds is 7. The lowest BCUT2D eigenvalue weighted by Gasteiger charge is -2.11. The van der Waals surface area contributed by atoms with Crippen LogP contribution in [-0.2, 0) is 0 Å². The number of hydrogen-bond donors (Lipinski definition) is 2. The van der Waals surface area contributed by atoms with Gasteiger partial charge in [-0.05, 0) is 24.0 Å². The molecule has 2 N–H and O–H groups in total. The average molecular weight is 247 g/mol. The van der Waals surface area contributed by atoms with Crippen molar-refractivity contribution >= 4 is 23.3 Å². The number of aromatic nitrogens is 2. The zero-order chi connectivity index (χ0) is 11.1. The molecule has 0 radical (unpaired) electrons. The Bertz CT molecular complexity index is 254. The number of hydrogen-bond acceptors (Lipinski definition) is 6. The molecular weight excluding hydrogens is 230 g/mol. The molecule has 0 spiro atoms. The van der Waals surface area contributed by atoms with E-state index in [1.165, 1.54) is 17.9 Å². The Labute approximate surface area is 98.7 Å². The van der Waals surface area contributed by atoms with Crippen LogP contribution in [0.5, 0.6) is 0 Å². The van der Waals surface area contributed by atoms with Gasteiger partial charge >= 0.3 is 0 Å². The molecule has 86 valence electrons. The first-order chi connectivity index (χ1) is 7.18. The standard InChI is InChI=1S/C9H17N3OS2/c1-7(2)3-10-4-8(13)5-14-9-11-6-12-15-9/h6-8,10,13H,3-5H2,1-2H3. The van der Waals surface area contributed by atoms with Gasteiger partial charge in [-0.25, -0.2) is 4.98 Å². The molecule has 1 aromatic rings. The summed E-state index contributed by atoms with van der Waals surface area (Å²) in [4.78, 5) is 4.04. The normalized spacial score (nSPS) is 13.3. The van der Waals surface area contributed by atoms with Gasteiger partial charge in [0.15, 0.2) is 4.34 Å². The number of nitrogens with one attached hydrogen (secondary N) is 1. The summed E-state index contributed by atoms with van der Waals surface area (Å²) in [6, 6.07) is 0. The van der Waals surface area contributed by atoms with Crippen molar-refractivity contribution in [2.75, 3.05) is 18.8 Å². The van der Waals surface area contributed by atoms with E-state index >= 15 is 0 Å². The summed E-state index contributed by atoms with van der Waals surface area (Å²) in [6.45, 7) is 5.88. The van der Waals surface area contributed by atoms with Gasteiger partial charge in [-0.3, -0.25) is 0 Å². The summed E-state index contributed by atoms with van der Waals surface area (Å²) >= 11 is 2.91. The lowest BCUT2D eigenvalue weighted by Crippen LogP contribution is -2.30. The smallest absolute Gasteiger partial charge is 0.169 e. The molecule has 0 aliphatic heterocycles. The topological polar surface area (TPSA) is 58.0 Å². The number of nitrogens with zero attached hydrogens (tertiary/aromatic N) is 2. The molecule has 1 unspecified atom stereocenters. The summed E-state index contributed by atoms with van der Waals surface area (Å²) in [7, 11) is 0.